The molecule has 1 aromatic rings. The summed E-state index contributed by atoms with van der Waals surface area (Å²) in [4.78, 5) is 16.0. The van der Waals surface area contributed by atoms with Gasteiger partial charge in [-0.15, -0.1) is 0 Å². The van der Waals surface area contributed by atoms with Gasteiger partial charge in [0.15, 0.2) is 0 Å². The molecule has 20 heavy (non-hydrogen) atoms. The van der Waals surface area contributed by atoms with Gasteiger partial charge in [0.25, 0.3) is 5.91 Å². The third-order valence-electron chi connectivity index (χ3n) is 2.52. The number of amides is 1. The molecule has 1 aromatic heterocycles. The number of nitrogens with zero attached hydrogens (tertiary/aromatic N) is 1. The Morgan fingerprint density at radius 2 is 2.25 bits per heavy atom. The van der Waals surface area contributed by atoms with Crippen molar-refractivity contribution in [3.05, 3.63) is 29.6 Å². The first-order valence-electron chi connectivity index (χ1n) is 6.45. The van der Waals surface area contributed by atoms with Crippen LogP contribution in [-0.4, -0.2) is 41.4 Å². The summed E-state index contributed by atoms with van der Waals surface area (Å²) >= 11 is 0. The van der Waals surface area contributed by atoms with Gasteiger partial charge in [-0.05, 0) is 26.8 Å². The van der Waals surface area contributed by atoms with Crippen LogP contribution in [0.1, 0.15) is 36.7 Å². The molecule has 1 amide bonds. The molecule has 0 unspecified atom stereocenters. The van der Waals surface area contributed by atoms with Crippen LogP contribution in [0.15, 0.2) is 18.5 Å². The average Bonchev–Trinajstić information content (AvgIpc) is 2.43. The molecule has 0 saturated carbocycles. The van der Waals surface area contributed by atoms with Crippen LogP contribution in [0.25, 0.3) is 0 Å². The Hall–Kier alpha value is -1.90. The number of rotatable bonds is 5. The van der Waals surface area contributed by atoms with E-state index in [1.165, 1.54) is 6.20 Å². The monoisotopic (exact) mass is 276 g/mol. The largest absolute Gasteiger partial charge is 0.384 e. The number of aromatic nitrogens is 1. The first-order valence-corrected chi connectivity index (χ1v) is 6.45. The van der Waals surface area contributed by atoms with Crippen LogP contribution in [0.3, 0.4) is 0 Å². The standard InChI is InChI=1S/C15H20N2O3/c1-4-20-15(2,3)11-17-14(19)13-8-12(6-5-7-18)9-16-10-13/h8-10,18H,4,7,11H2,1-3H3,(H,17,19). The highest BCUT2D eigenvalue weighted by Crippen LogP contribution is 2.08. The van der Waals surface area contributed by atoms with E-state index < -0.39 is 5.60 Å². The minimum absolute atomic E-state index is 0.223. The van der Waals surface area contributed by atoms with Crippen molar-refractivity contribution in [2.45, 2.75) is 26.4 Å². The van der Waals surface area contributed by atoms with Crippen molar-refractivity contribution < 1.29 is 14.6 Å². The van der Waals surface area contributed by atoms with Gasteiger partial charge in [0.1, 0.15) is 6.61 Å². The highest BCUT2D eigenvalue weighted by molar-refractivity contribution is 5.94. The Balaban J connectivity index is 2.68. The van der Waals surface area contributed by atoms with E-state index in [1.807, 2.05) is 20.8 Å². The summed E-state index contributed by atoms with van der Waals surface area (Å²) in [6.07, 6.45) is 3.02. The third-order valence-corrected chi connectivity index (χ3v) is 2.52. The summed E-state index contributed by atoms with van der Waals surface area (Å²) in [6.45, 7) is 6.52. The topological polar surface area (TPSA) is 71.5 Å². The van der Waals surface area contributed by atoms with Gasteiger partial charge in [0.05, 0.1) is 11.2 Å². The van der Waals surface area contributed by atoms with E-state index in [-0.39, 0.29) is 12.5 Å². The number of aliphatic hydroxyl groups excluding tert-OH is 1. The Bertz CT molecular complexity index is 515. The molecule has 0 fully saturated rings. The average molecular weight is 276 g/mol. The van der Waals surface area contributed by atoms with E-state index in [0.29, 0.717) is 24.3 Å². The van der Waals surface area contributed by atoms with Gasteiger partial charge >= 0.3 is 0 Å². The number of hydrogen-bond donors (Lipinski definition) is 2. The van der Waals surface area contributed by atoms with Crippen LogP contribution >= 0.6 is 0 Å². The van der Waals surface area contributed by atoms with Gasteiger partial charge in [0, 0.05) is 31.1 Å². The molecule has 0 bridgehead atoms. The molecule has 0 radical (unpaired) electrons. The van der Waals surface area contributed by atoms with Crippen LogP contribution in [0.5, 0.6) is 0 Å². The highest BCUT2D eigenvalue weighted by Gasteiger charge is 2.19. The Labute approximate surface area is 119 Å². The molecular formula is C15H20N2O3. The fourth-order valence-electron chi connectivity index (χ4n) is 1.61. The molecule has 0 aliphatic rings. The molecule has 0 aliphatic heterocycles. The quantitative estimate of drug-likeness (QED) is 0.786. The molecular weight excluding hydrogens is 256 g/mol. The molecule has 1 heterocycles. The first kappa shape index (κ1) is 16.2. The number of aliphatic hydroxyl groups is 1. The Morgan fingerprint density at radius 3 is 2.90 bits per heavy atom. The van der Waals surface area contributed by atoms with Gasteiger partial charge in [-0.1, -0.05) is 11.8 Å². The molecule has 108 valence electrons. The van der Waals surface area contributed by atoms with Crippen LogP contribution in [0.2, 0.25) is 0 Å². The molecule has 1 rings (SSSR count). The zero-order valence-electron chi connectivity index (χ0n) is 12.1. The second kappa shape index (κ2) is 7.63. The van der Waals surface area contributed by atoms with E-state index in [4.69, 9.17) is 9.84 Å². The minimum Gasteiger partial charge on any atom is -0.384 e. The zero-order valence-corrected chi connectivity index (χ0v) is 12.1. The van der Waals surface area contributed by atoms with Crippen molar-refractivity contribution >= 4 is 5.91 Å². The van der Waals surface area contributed by atoms with Crippen molar-refractivity contribution in [3.63, 3.8) is 0 Å². The second-order valence-electron chi connectivity index (χ2n) is 4.80. The maximum atomic E-state index is 12.0. The summed E-state index contributed by atoms with van der Waals surface area (Å²) in [5.74, 6) is 5.01. The molecule has 0 spiro atoms. The summed E-state index contributed by atoms with van der Waals surface area (Å²) in [5, 5.41) is 11.4. The second-order valence-corrected chi connectivity index (χ2v) is 4.80. The van der Waals surface area contributed by atoms with E-state index in [9.17, 15) is 4.79 Å². The van der Waals surface area contributed by atoms with Gasteiger partial charge in [-0.2, -0.15) is 0 Å². The van der Waals surface area contributed by atoms with Gasteiger partial charge in [-0.25, -0.2) is 0 Å². The zero-order chi connectivity index (χ0) is 15.0. The SMILES string of the molecule is CCOC(C)(C)CNC(=O)c1cncc(C#CCO)c1. The molecule has 0 atom stereocenters. The smallest absolute Gasteiger partial charge is 0.252 e. The van der Waals surface area contributed by atoms with Crippen molar-refractivity contribution in [1.29, 1.82) is 0 Å². The lowest BCUT2D eigenvalue weighted by atomic mass is 10.1. The normalized spacial score (nSPS) is 10.6. The lowest BCUT2D eigenvalue weighted by molar-refractivity contribution is -0.00815. The van der Waals surface area contributed by atoms with Crippen LogP contribution in [-0.2, 0) is 4.74 Å². The highest BCUT2D eigenvalue weighted by atomic mass is 16.5. The Morgan fingerprint density at radius 1 is 1.50 bits per heavy atom. The Kier molecular flexibility index (Phi) is 6.16. The fraction of sp³-hybridized carbons (Fsp3) is 0.467. The summed E-state index contributed by atoms with van der Waals surface area (Å²) in [7, 11) is 0. The molecule has 0 aromatic carbocycles. The van der Waals surface area contributed by atoms with E-state index in [1.54, 1.807) is 12.3 Å². The van der Waals surface area contributed by atoms with Crippen LogP contribution < -0.4 is 5.32 Å². The molecule has 5 heteroatoms. The third kappa shape index (κ3) is 5.39. The number of hydrogen-bond acceptors (Lipinski definition) is 4. The first-order chi connectivity index (χ1) is 9.48. The van der Waals surface area contributed by atoms with E-state index >= 15 is 0 Å². The van der Waals surface area contributed by atoms with E-state index in [2.05, 4.69) is 22.1 Å². The minimum atomic E-state index is -0.411. The molecule has 0 aliphatic carbocycles. The molecule has 2 N–H and O–H groups in total. The predicted octanol–water partition coefficient (Wildman–Crippen LogP) is 0.970. The fourth-order valence-corrected chi connectivity index (χ4v) is 1.61. The van der Waals surface area contributed by atoms with Gasteiger partial charge in [-0.3, -0.25) is 9.78 Å². The van der Waals surface area contributed by atoms with Crippen LogP contribution in [0, 0.1) is 11.8 Å². The molecule has 5 nitrogen and oxygen atoms in total. The van der Waals surface area contributed by atoms with Gasteiger partial charge < -0.3 is 15.2 Å². The van der Waals surface area contributed by atoms with E-state index in [0.717, 1.165) is 0 Å². The number of ether oxygens (including phenoxy) is 1. The van der Waals surface area contributed by atoms with Crippen molar-refractivity contribution in [3.8, 4) is 11.8 Å². The van der Waals surface area contributed by atoms with Crippen molar-refractivity contribution in [2.75, 3.05) is 19.8 Å². The summed E-state index contributed by atoms with van der Waals surface area (Å²) < 4.78 is 5.51. The van der Waals surface area contributed by atoms with Crippen LogP contribution in [0.4, 0.5) is 0 Å². The summed E-state index contributed by atoms with van der Waals surface area (Å²) in [5.41, 5.74) is 0.615. The number of carbonyl (C=O) groups is 1. The maximum absolute atomic E-state index is 12.0. The van der Waals surface area contributed by atoms with Crippen molar-refractivity contribution in [2.24, 2.45) is 0 Å². The lowest BCUT2D eigenvalue weighted by Gasteiger charge is -2.24. The predicted molar refractivity (Wildman–Crippen MR) is 76.2 cm³/mol. The number of carbonyl (C=O) groups excluding carboxylic acids is 1. The maximum Gasteiger partial charge on any atom is 0.252 e. The summed E-state index contributed by atoms with van der Waals surface area (Å²) in [6, 6.07) is 1.64. The van der Waals surface area contributed by atoms with Crippen molar-refractivity contribution in [1.82, 2.24) is 10.3 Å². The van der Waals surface area contributed by atoms with Gasteiger partial charge in [0.2, 0.25) is 0 Å². The number of pyridine rings is 1. The lowest BCUT2D eigenvalue weighted by Crippen LogP contribution is -2.40. The number of nitrogens with one attached hydrogen (secondary N) is 1. The molecule has 0 saturated heterocycles.